The highest BCUT2D eigenvalue weighted by atomic mass is 19.1. The van der Waals surface area contributed by atoms with Crippen LogP contribution in [0.1, 0.15) is 32.4 Å². The quantitative estimate of drug-likeness (QED) is 0.887. The summed E-state index contributed by atoms with van der Waals surface area (Å²) >= 11 is 0. The first-order chi connectivity index (χ1) is 9.84. The molecule has 1 aliphatic heterocycles. The molecular formula is C16H25FN2O2. The predicted molar refractivity (Wildman–Crippen MR) is 80.4 cm³/mol. The van der Waals surface area contributed by atoms with Crippen LogP contribution in [0.5, 0.6) is 0 Å². The van der Waals surface area contributed by atoms with Crippen LogP contribution in [0.15, 0.2) is 24.3 Å². The summed E-state index contributed by atoms with van der Waals surface area (Å²) in [5.74, 6) is -0.246. The van der Waals surface area contributed by atoms with E-state index in [0.717, 1.165) is 0 Å². The molecule has 0 spiro atoms. The van der Waals surface area contributed by atoms with E-state index < -0.39 is 5.60 Å². The Hall–Kier alpha value is -1.01. The third kappa shape index (κ3) is 3.80. The second-order valence-corrected chi connectivity index (χ2v) is 6.44. The van der Waals surface area contributed by atoms with E-state index in [1.54, 1.807) is 12.1 Å². The third-order valence-corrected chi connectivity index (χ3v) is 3.83. The average molecular weight is 296 g/mol. The summed E-state index contributed by atoms with van der Waals surface area (Å²) in [6.45, 7) is 6.96. The minimum atomic E-state index is -0.399. The number of nitrogens with zero attached hydrogens (tertiary/aromatic N) is 1. The van der Waals surface area contributed by atoms with Gasteiger partial charge in [0.2, 0.25) is 0 Å². The summed E-state index contributed by atoms with van der Waals surface area (Å²) in [6, 6.07) is 6.28. The fraction of sp³-hybridized carbons (Fsp3) is 0.625. The van der Waals surface area contributed by atoms with Crippen molar-refractivity contribution in [1.29, 1.82) is 0 Å². The zero-order valence-electron chi connectivity index (χ0n) is 12.9. The van der Waals surface area contributed by atoms with Crippen LogP contribution in [0, 0.1) is 5.82 Å². The Bertz CT molecular complexity index is 479. The van der Waals surface area contributed by atoms with Crippen molar-refractivity contribution in [1.82, 2.24) is 4.90 Å². The summed E-state index contributed by atoms with van der Waals surface area (Å²) in [5.41, 5.74) is 6.33. The highest BCUT2D eigenvalue weighted by molar-refractivity contribution is 5.23. The Kier molecular flexibility index (Phi) is 4.99. The van der Waals surface area contributed by atoms with Crippen molar-refractivity contribution in [2.24, 2.45) is 5.73 Å². The van der Waals surface area contributed by atoms with E-state index in [1.165, 1.54) is 6.07 Å². The van der Waals surface area contributed by atoms with E-state index in [0.29, 0.717) is 18.7 Å². The lowest BCUT2D eigenvalue weighted by Crippen LogP contribution is -2.56. The third-order valence-electron chi connectivity index (χ3n) is 3.83. The van der Waals surface area contributed by atoms with Gasteiger partial charge in [-0.2, -0.15) is 0 Å². The number of halogens is 1. The van der Waals surface area contributed by atoms with Crippen LogP contribution in [0.25, 0.3) is 0 Å². The molecule has 1 aliphatic rings. The zero-order chi connectivity index (χ0) is 15.6. The van der Waals surface area contributed by atoms with E-state index >= 15 is 0 Å². The van der Waals surface area contributed by atoms with Crippen molar-refractivity contribution in [2.45, 2.75) is 44.6 Å². The summed E-state index contributed by atoms with van der Waals surface area (Å²) < 4.78 is 20.0. The molecule has 118 valence electrons. The van der Waals surface area contributed by atoms with Gasteiger partial charge in [-0.15, -0.1) is 0 Å². The van der Waals surface area contributed by atoms with E-state index in [2.05, 4.69) is 4.90 Å². The number of morpholine rings is 1. The van der Waals surface area contributed by atoms with E-state index in [1.807, 2.05) is 26.8 Å². The van der Waals surface area contributed by atoms with Gasteiger partial charge in [0.1, 0.15) is 5.82 Å². The predicted octanol–water partition coefficient (Wildman–Crippen LogP) is 1.69. The number of ether oxygens (including phenoxy) is 1. The molecule has 2 rings (SSSR count). The van der Waals surface area contributed by atoms with Gasteiger partial charge in [-0.1, -0.05) is 18.2 Å². The molecule has 1 aromatic carbocycles. The van der Waals surface area contributed by atoms with Gasteiger partial charge in [-0.25, -0.2) is 4.39 Å². The molecule has 3 unspecified atom stereocenters. The van der Waals surface area contributed by atoms with Crippen LogP contribution < -0.4 is 5.73 Å². The second kappa shape index (κ2) is 6.40. The molecule has 5 heteroatoms. The number of aliphatic hydroxyl groups is 1. The molecule has 0 bridgehead atoms. The highest BCUT2D eigenvalue weighted by Crippen LogP contribution is 2.31. The maximum Gasteiger partial charge on any atom is 0.128 e. The number of nitrogens with two attached hydrogens (primary N) is 1. The van der Waals surface area contributed by atoms with E-state index in [-0.39, 0.29) is 30.6 Å². The van der Waals surface area contributed by atoms with Gasteiger partial charge in [0.15, 0.2) is 0 Å². The van der Waals surface area contributed by atoms with Crippen molar-refractivity contribution < 1.29 is 14.2 Å². The summed E-state index contributed by atoms with van der Waals surface area (Å²) in [5, 5.41) is 9.43. The molecule has 0 saturated carbocycles. The lowest BCUT2D eigenvalue weighted by molar-refractivity contribution is -0.158. The Labute approximate surface area is 125 Å². The molecule has 3 N–H and O–H groups in total. The largest absolute Gasteiger partial charge is 0.394 e. The van der Waals surface area contributed by atoms with Gasteiger partial charge in [-0.3, -0.25) is 4.90 Å². The van der Waals surface area contributed by atoms with Gasteiger partial charge in [0, 0.05) is 24.7 Å². The molecule has 0 aromatic heterocycles. The molecule has 0 radical (unpaired) electrons. The number of hydrogen-bond donors (Lipinski definition) is 2. The Balaban J connectivity index is 2.32. The molecule has 1 fully saturated rings. The zero-order valence-corrected chi connectivity index (χ0v) is 12.9. The molecule has 1 aromatic rings. The fourth-order valence-electron chi connectivity index (χ4n) is 3.18. The molecule has 1 saturated heterocycles. The van der Waals surface area contributed by atoms with Gasteiger partial charge < -0.3 is 15.6 Å². The maximum absolute atomic E-state index is 14.2. The lowest BCUT2D eigenvalue weighted by atomic mass is 9.95. The smallest absolute Gasteiger partial charge is 0.128 e. The van der Waals surface area contributed by atoms with Gasteiger partial charge in [-0.05, 0) is 26.8 Å². The molecular weight excluding hydrogens is 271 g/mol. The van der Waals surface area contributed by atoms with Crippen LogP contribution in [-0.2, 0) is 4.74 Å². The Morgan fingerprint density at radius 1 is 1.48 bits per heavy atom. The van der Waals surface area contributed by atoms with Crippen molar-refractivity contribution in [3.63, 3.8) is 0 Å². The average Bonchev–Trinajstić information content (AvgIpc) is 2.39. The first kappa shape index (κ1) is 16.4. The van der Waals surface area contributed by atoms with Crippen molar-refractivity contribution in [2.75, 3.05) is 19.7 Å². The van der Waals surface area contributed by atoms with Crippen molar-refractivity contribution >= 4 is 0 Å². The lowest BCUT2D eigenvalue weighted by Gasteiger charge is -2.46. The Morgan fingerprint density at radius 2 is 2.14 bits per heavy atom. The summed E-state index contributed by atoms with van der Waals surface area (Å²) in [7, 11) is 0. The van der Waals surface area contributed by atoms with Crippen LogP contribution in [0.2, 0.25) is 0 Å². The van der Waals surface area contributed by atoms with Crippen LogP contribution in [-0.4, -0.2) is 47.4 Å². The van der Waals surface area contributed by atoms with Gasteiger partial charge in [0.05, 0.1) is 24.4 Å². The van der Waals surface area contributed by atoms with Crippen LogP contribution in [0.3, 0.4) is 0 Å². The van der Waals surface area contributed by atoms with E-state index in [9.17, 15) is 9.50 Å². The first-order valence-electron chi connectivity index (χ1n) is 7.37. The number of hydrogen-bond acceptors (Lipinski definition) is 4. The topological polar surface area (TPSA) is 58.7 Å². The minimum Gasteiger partial charge on any atom is -0.394 e. The molecule has 0 aliphatic carbocycles. The first-order valence-corrected chi connectivity index (χ1v) is 7.37. The number of rotatable bonds is 4. The summed E-state index contributed by atoms with van der Waals surface area (Å²) in [4.78, 5) is 2.12. The molecule has 1 heterocycles. The monoisotopic (exact) mass is 296 g/mol. The summed E-state index contributed by atoms with van der Waals surface area (Å²) in [6.07, 6.45) is -0.276. The van der Waals surface area contributed by atoms with Gasteiger partial charge in [0.25, 0.3) is 0 Å². The molecule has 21 heavy (non-hydrogen) atoms. The highest BCUT2D eigenvalue weighted by Gasteiger charge is 2.38. The van der Waals surface area contributed by atoms with Gasteiger partial charge >= 0.3 is 0 Å². The molecule has 0 amide bonds. The van der Waals surface area contributed by atoms with Crippen molar-refractivity contribution in [3.8, 4) is 0 Å². The van der Waals surface area contributed by atoms with Crippen LogP contribution >= 0.6 is 0 Å². The van der Waals surface area contributed by atoms with E-state index in [4.69, 9.17) is 10.5 Å². The standard InChI is InChI=1S/C16H25FN2O2/c1-11(18)15(13-6-4-5-7-14(13)17)19-8-12(9-20)21-16(2,3)10-19/h4-7,11-12,15,20H,8-10,18H2,1-3H3. The molecule has 4 nitrogen and oxygen atoms in total. The second-order valence-electron chi connectivity index (χ2n) is 6.44. The SMILES string of the molecule is CC(N)C(c1ccccc1F)N1CC(CO)OC(C)(C)C1. The molecule has 3 atom stereocenters. The van der Waals surface area contributed by atoms with Crippen molar-refractivity contribution in [3.05, 3.63) is 35.6 Å². The Morgan fingerprint density at radius 3 is 2.71 bits per heavy atom. The fourth-order valence-corrected chi connectivity index (χ4v) is 3.18. The minimum absolute atomic E-state index is 0.0527. The normalized spacial score (nSPS) is 25.5. The van der Waals surface area contributed by atoms with Crippen LogP contribution in [0.4, 0.5) is 4.39 Å². The number of benzene rings is 1. The maximum atomic E-state index is 14.2. The number of aliphatic hydroxyl groups excluding tert-OH is 1.